The topological polar surface area (TPSA) is 72.0 Å². The number of aromatic nitrogens is 1. The van der Waals surface area contributed by atoms with Crippen molar-refractivity contribution in [2.45, 2.75) is 6.61 Å². The molecule has 0 bridgehead atoms. The predicted octanol–water partition coefficient (Wildman–Crippen LogP) is 3.76. The zero-order chi connectivity index (χ0) is 14.7. The van der Waals surface area contributed by atoms with Crippen molar-refractivity contribution in [2.75, 3.05) is 0 Å². The summed E-state index contributed by atoms with van der Waals surface area (Å²) in [4.78, 5) is 4.11. The second kappa shape index (κ2) is 7.20. The third-order valence-corrected chi connectivity index (χ3v) is 4.71. The van der Waals surface area contributed by atoms with Gasteiger partial charge in [0, 0.05) is 15.3 Å². The van der Waals surface area contributed by atoms with Crippen molar-refractivity contribution in [3.63, 3.8) is 0 Å². The zero-order valence-electron chi connectivity index (χ0n) is 10.2. The maximum atomic E-state index is 7.53. The molecule has 0 saturated heterocycles. The lowest BCUT2D eigenvalue weighted by molar-refractivity contribution is 0.301. The van der Waals surface area contributed by atoms with Crippen molar-refractivity contribution in [1.82, 2.24) is 4.98 Å². The van der Waals surface area contributed by atoms with Crippen LogP contribution in [0.3, 0.4) is 0 Å². The second-order valence-electron chi connectivity index (χ2n) is 3.91. The summed E-state index contributed by atoms with van der Waals surface area (Å²) in [5.41, 5.74) is 6.81. The Morgan fingerprint density at radius 2 is 1.90 bits per heavy atom. The molecule has 20 heavy (non-hydrogen) atoms. The van der Waals surface area contributed by atoms with E-state index in [1.54, 1.807) is 6.20 Å². The van der Waals surface area contributed by atoms with Crippen LogP contribution >= 0.6 is 67.8 Å². The van der Waals surface area contributed by atoms with Gasteiger partial charge >= 0.3 is 0 Å². The summed E-state index contributed by atoms with van der Waals surface area (Å²) in [5.74, 6) is 0.807. The average molecular weight is 605 g/mol. The zero-order valence-corrected chi connectivity index (χ0v) is 16.6. The predicted molar refractivity (Wildman–Crippen MR) is 104 cm³/mol. The lowest BCUT2D eigenvalue weighted by Crippen LogP contribution is -2.17. The van der Waals surface area contributed by atoms with Gasteiger partial charge in [-0.05, 0) is 86.0 Å². The number of hydrogen-bond donors (Lipinski definition) is 2. The molecule has 0 amide bonds. The number of pyridine rings is 1. The summed E-state index contributed by atoms with van der Waals surface area (Å²) >= 11 is 6.80. The first-order valence-corrected chi connectivity index (χ1v) is 8.78. The quantitative estimate of drug-likeness (QED) is 0.317. The number of benzene rings is 1. The van der Waals surface area contributed by atoms with Crippen molar-refractivity contribution in [3.05, 3.63) is 52.4 Å². The fourth-order valence-corrected chi connectivity index (χ4v) is 5.51. The van der Waals surface area contributed by atoms with E-state index in [0.29, 0.717) is 12.3 Å². The van der Waals surface area contributed by atoms with Gasteiger partial charge in [-0.3, -0.25) is 10.4 Å². The van der Waals surface area contributed by atoms with Crippen molar-refractivity contribution in [1.29, 1.82) is 5.41 Å². The summed E-state index contributed by atoms with van der Waals surface area (Å²) in [6.45, 7) is 0.343. The first-order chi connectivity index (χ1) is 9.49. The Morgan fingerprint density at radius 1 is 1.25 bits per heavy atom. The summed E-state index contributed by atoms with van der Waals surface area (Å²) in [7, 11) is 0. The normalized spacial score (nSPS) is 10.3. The molecule has 2 rings (SSSR count). The summed E-state index contributed by atoms with van der Waals surface area (Å²) in [6.07, 6.45) is 1.62. The molecular formula is C13H10I3N3O. The van der Waals surface area contributed by atoms with Gasteiger partial charge in [0.05, 0.1) is 7.14 Å². The SMILES string of the molecule is N=C(N)c1ncccc1COc1c(I)cc(I)cc1I. The maximum Gasteiger partial charge on any atom is 0.146 e. The Bertz CT molecular complexity index is 638. The van der Waals surface area contributed by atoms with Gasteiger partial charge in [-0.1, -0.05) is 6.07 Å². The van der Waals surface area contributed by atoms with Crippen LogP contribution in [0.1, 0.15) is 11.3 Å². The number of hydrogen-bond acceptors (Lipinski definition) is 3. The van der Waals surface area contributed by atoms with Crippen LogP contribution in [-0.2, 0) is 6.61 Å². The lowest BCUT2D eigenvalue weighted by Gasteiger charge is -2.12. The molecular weight excluding hydrogens is 595 g/mol. The molecule has 0 aliphatic carbocycles. The van der Waals surface area contributed by atoms with Gasteiger partial charge in [0.1, 0.15) is 23.9 Å². The second-order valence-corrected chi connectivity index (χ2v) is 7.48. The van der Waals surface area contributed by atoms with Gasteiger partial charge < -0.3 is 10.5 Å². The minimum absolute atomic E-state index is 0.0452. The molecule has 3 N–H and O–H groups in total. The molecule has 1 heterocycles. The third kappa shape index (κ3) is 3.93. The van der Waals surface area contributed by atoms with Gasteiger partial charge in [0.15, 0.2) is 0 Å². The van der Waals surface area contributed by atoms with Crippen LogP contribution in [0.4, 0.5) is 0 Å². The smallest absolute Gasteiger partial charge is 0.146 e. The number of amidine groups is 1. The van der Waals surface area contributed by atoms with Crippen LogP contribution < -0.4 is 10.5 Å². The Kier molecular flexibility index (Phi) is 5.84. The number of nitrogens with two attached hydrogens (primary N) is 1. The molecule has 1 aromatic carbocycles. The van der Waals surface area contributed by atoms with E-state index in [9.17, 15) is 0 Å². The maximum absolute atomic E-state index is 7.53. The molecule has 0 fully saturated rings. The number of nitrogens with one attached hydrogen (secondary N) is 1. The third-order valence-electron chi connectivity index (χ3n) is 2.48. The van der Waals surface area contributed by atoms with Crippen molar-refractivity contribution in [2.24, 2.45) is 5.73 Å². The van der Waals surface area contributed by atoms with Gasteiger partial charge in [0.2, 0.25) is 0 Å². The van der Waals surface area contributed by atoms with Crippen LogP contribution in [0, 0.1) is 16.1 Å². The molecule has 0 aliphatic heterocycles. The first-order valence-electron chi connectivity index (χ1n) is 5.54. The number of nitrogens with zero attached hydrogens (tertiary/aromatic N) is 1. The van der Waals surface area contributed by atoms with E-state index >= 15 is 0 Å². The lowest BCUT2D eigenvalue weighted by atomic mass is 10.2. The minimum atomic E-state index is -0.0452. The van der Waals surface area contributed by atoms with E-state index in [-0.39, 0.29) is 5.84 Å². The van der Waals surface area contributed by atoms with Gasteiger partial charge in [-0.15, -0.1) is 0 Å². The molecule has 0 spiro atoms. The fourth-order valence-electron chi connectivity index (χ4n) is 1.61. The summed E-state index contributed by atoms with van der Waals surface area (Å²) < 4.78 is 9.19. The number of halogens is 3. The van der Waals surface area contributed by atoms with Crippen LogP contribution in [0.15, 0.2) is 30.5 Å². The number of nitrogen functional groups attached to an aromatic ring is 1. The van der Waals surface area contributed by atoms with Gasteiger partial charge in [-0.25, -0.2) is 0 Å². The van der Waals surface area contributed by atoms with Crippen LogP contribution in [0.25, 0.3) is 0 Å². The molecule has 0 radical (unpaired) electrons. The molecule has 2 aromatic rings. The monoisotopic (exact) mass is 605 g/mol. The molecule has 104 valence electrons. The number of rotatable bonds is 4. The molecule has 7 heteroatoms. The highest BCUT2D eigenvalue weighted by atomic mass is 127. The molecule has 4 nitrogen and oxygen atoms in total. The number of ether oxygens (including phenoxy) is 1. The highest BCUT2D eigenvalue weighted by Crippen LogP contribution is 2.30. The Hall–Kier alpha value is -0.170. The van der Waals surface area contributed by atoms with Crippen LogP contribution in [0.5, 0.6) is 5.75 Å². The average Bonchev–Trinajstić information content (AvgIpc) is 2.37. The molecule has 0 saturated carbocycles. The van der Waals surface area contributed by atoms with E-state index < -0.39 is 0 Å². The summed E-state index contributed by atoms with van der Waals surface area (Å²) in [5, 5.41) is 7.53. The van der Waals surface area contributed by atoms with E-state index in [4.69, 9.17) is 15.9 Å². The van der Waals surface area contributed by atoms with E-state index in [0.717, 1.165) is 18.5 Å². The van der Waals surface area contributed by atoms with E-state index in [1.165, 1.54) is 3.57 Å². The summed E-state index contributed by atoms with van der Waals surface area (Å²) in [6, 6.07) is 7.81. The molecule has 1 aromatic heterocycles. The highest BCUT2D eigenvalue weighted by Gasteiger charge is 2.11. The minimum Gasteiger partial charge on any atom is -0.487 e. The van der Waals surface area contributed by atoms with E-state index in [1.807, 2.05) is 12.1 Å². The first kappa shape index (κ1) is 16.2. The van der Waals surface area contributed by atoms with Gasteiger partial charge in [0.25, 0.3) is 0 Å². The van der Waals surface area contributed by atoms with Gasteiger partial charge in [-0.2, -0.15) is 0 Å². The standard InChI is InChI=1S/C13H10I3N3O/c14-8-4-9(15)12(10(16)5-8)20-6-7-2-1-3-19-11(7)13(17)18/h1-5H,6H2,(H3,17,18). The Balaban J connectivity index is 2.24. The van der Waals surface area contributed by atoms with E-state index in [2.05, 4.69) is 84.9 Å². The molecule has 0 atom stereocenters. The fraction of sp³-hybridized carbons (Fsp3) is 0.0769. The van der Waals surface area contributed by atoms with Crippen molar-refractivity contribution < 1.29 is 4.74 Å². The van der Waals surface area contributed by atoms with Crippen LogP contribution in [0.2, 0.25) is 0 Å². The van der Waals surface area contributed by atoms with Crippen molar-refractivity contribution >= 4 is 73.6 Å². The highest BCUT2D eigenvalue weighted by molar-refractivity contribution is 14.1. The molecule has 0 unspecified atom stereocenters. The Labute approximate surface area is 157 Å². The Morgan fingerprint density at radius 3 is 2.50 bits per heavy atom. The van der Waals surface area contributed by atoms with Crippen LogP contribution in [-0.4, -0.2) is 10.8 Å². The largest absolute Gasteiger partial charge is 0.487 e. The molecule has 0 aliphatic rings. The van der Waals surface area contributed by atoms with Crippen molar-refractivity contribution in [3.8, 4) is 5.75 Å².